The van der Waals surface area contributed by atoms with Crippen molar-refractivity contribution in [2.24, 2.45) is 4.99 Å². The van der Waals surface area contributed by atoms with E-state index < -0.39 is 10.0 Å². The number of hydrogen-bond acceptors (Lipinski definition) is 7. The van der Waals surface area contributed by atoms with E-state index in [-0.39, 0.29) is 27.9 Å². The Morgan fingerprint density at radius 1 is 1.18 bits per heavy atom. The number of aliphatic imine (C=N–C) groups is 1. The van der Waals surface area contributed by atoms with Crippen molar-refractivity contribution in [2.75, 3.05) is 38.0 Å². The number of methoxy groups -OCH3 is 1. The number of carbonyl (C=O) groups excluding carboxylic acids is 1. The van der Waals surface area contributed by atoms with E-state index in [4.69, 9.17) is 16.3 Å². The highest BCUT2D eigenvalue weighted by molar-refractivity contribution is 7.92. The molecular weight excluding hydrogens is 538 g/mol. The van der Waals surface area contributed by atoms with E-state index in [1.807, 2.05) is 13.0 Å². The van der Waals surface area contributed by atoms with Gasteiger partial charge in [0.25, 0.3) is 15.9 Å². The number of pyridine rings is 1. The molecule has 0 unspecified atom stereocenters. The number of carbonyl (C=O) groups is 1. The maximum atomic E-state index is 13.3. The first-order valence-corrected chi connectivity index (χ1v) is 14.2. The van der Waals surface area contributed by atoms with E-state index in [2.05, 4.69) is 26.3 Å². The predicted molar refractivity (Wildman–Crippen MR) is 155 cm³/mol. The van der Waals surface area contributed by atoms with Crippen LogP contribution in [-0.4, -0.2) is 69.1 Å². The van der Waals surface area contributed by atoms with E-state index in [0.717, 1.165) is 5.56 Å². The summed E-state index contributed by atoms with van der Waals surface area (Å²) >= 11 is 6.04. The molecule has 39 heavy (non-hydrogen) atoms. The van der Waals surface area contributed by atoms with E-state index >= 15 is 0 Å². The molecule has 0 saturated carbocycles. The molecule has 0 spiro atoms. The topological polar surface area (TPSA) is 104 Å². The SMILES string of the molecule is C=Nc1c(/C=C\C)cccc1S(=O)(=O)Nc1ccc(C(=O)N2CCN(Cc3cncc(Cl)c3)CC2)c(OC)c1. The van der Waals surface area contributed by atoms with Crippen molar-refractivity contribution in [3.05, 3.63) is 82.6 Å². The van der Waals surface area contributed by atoms with Gasteiger partial charge in [0, 0.05) is 56.7 Å². The fourth-order valence-corrected chi connectivity index (χ4v) is 5.90. The van der Waals surface area contributed by atoms with Crippen LogP contribution < -0.4 is 9.46 Å². The number of nitrogens with zero attached hydrogens (tertiary/aromatic N) is 4. The summed E-state index contributed by atoms with van der Waals surface area (Å²) in [7, 11) is -2.55. The minimum absolute atomic E-state index is 0.00125. The van der Waals surface area contributed by atoms with Crippen LogP contribution in [0.15, 0.2) is 70.8 Å². The molecule has 0 aliphatic carbocycles. The van der Waals surface area contributed by atoms with Crippen LogP contribution in [0.1, 0.15) is 28.4 Å². The second-order valence-corrected chi connectivity index (χ2v) is 11.0. The fourth-order valence-electron chi connectivity index (χ4n) is 4.46. The van der Waals surface area contributed by atoms with Crippen molar-refractivity contribution in [2.45, 2.75) is 18.4 Å². The molecule has 1 aromatic heterocycles. The van der Waals surface area contributed by atoms with Gasteiger partial charge in [-0.1, -0.05) is 35.9 Å². The molecule has 1 saturated heterocycles. The average molecular weight is 568 g/mol. The van der Waals surface area contributed by atoms with Crippen LogP contribution in [0.3, 0.4) is 0 Å². The number of halogens is 1. The molecule has 0 radical (unpaired) electrons. The van der Waals surface area contributed by atoms with Gasteiger partial charge >= 0.3 is 0 Å². The zero-order valence-electron chi connectivity index (χ0n) is 21.8. The second kappa shape index (κ2) is 12.4. The van der Waals surface area contributed by atoms with Gasteiger partial charge in [0.15, 0.2) is 0 Å². The first-order chi connectivity index (χ1) is 18.7. The summed E-state index contributed by atoms with van der Waals surface area (Å²) < 4.78 is 34.5. The average Bonchev–Trinajstić information content (AvgIpc) is 2.93. The monoisotopic (exact) mass is 567 g/mol. The van der Waals surface area contributed by atoms with Crippen molar-refractivity contribution in [1.82, 2.24) is 14.8 Å². The Morgan fingerprint density at radius 2 is 1.95 bits per heavy atom. The van der Waals surface area contributed by atoms with Crippen LogP contribution in [0.2, 0.25) is 5.02 Å². The van der Waals surface area contributed by atoms with Crippen LogP contribution in [-0.2, 0) is 16.6 Å². The summed E-state index contributed by atoms with van der Waals surface area (Å²) in [6.45, 7) is 8.56. The number of rotatable bonds is 9. The summed E-state index contributed by atoms with van der Waals surface area (Å²) in [5.41, 5.74) is 2.53. The van der Waals surface area contributed by atoms with Crippen molar-refractivity contribution in [1.29, 1.82) is 0 Å². The first kappa shape index (κ1) is 28.3. The molecule has 4 rings (SSSR count). The van der Waals surface area contributed by atoms with Gasteiger partial charge in [-0.2, -0.15) is 0 Å². The van der Waals surface area contributed by atoms with Crippen LogP contribution in [0.25, 0.3) is 6.08 Å². The van der Waals surface area contributed by atoms with Crippen LogP contribution in [0.5, 0.6) is 5.75 Å². The van der Waals surface area contributed by atoms with Crippen LogP contribution in [0.4, 0.5) is 11.4 Å². The number of nitrogens with one attached hydrogen (secondary N) is 1. The number of para-hydroxylation sites is 1. The van der Waals surface area contributed by atoms with E-state index in [1.165, 1.54) is 19.2 Å². The zero-order chi connectivity index (χ0) is 28.0. The summed E-state index contributed by atoms with van der Waals surface area (Å²) in [5.74, 6) is 0.0971. The number of amides is 1. The second-order valence-electron chi connectivity index (χ2n) is 8.95. The lowest BCUT2D eigenvalue weighted by atomic mass is 10.1. The summed E-state index contributed by atoms with van der Waals surface area (Å²) in [6.07, 6.45) is 6.95. The van der Waals surface area contributed by atoms with Gasteiger partial charge in [0.05, 0.1) is 29.1 Å². The molecule has 1 aliphatic rings. The van der Waals surface area contributed by atoms with Gasteiger partial charge < -0.3 is 9.64 Å². The number of benzene rings is 2. The van der Waals surface area contributed by atoms with Gasteiger partial charge in [0.1, 0.15) is 10.6 Å². The molecule has 0 bridgehead atoms. The Kier molecular flexibility index (Phi) is 9.01. The molecule has 9 nitrogen and oxygen atoms in total. The Labute approximate surface area is 233 Å². The lowest BCUT2D eigenvalue weighted by Crippen LogP contribution is -2.48. The minimum Gasteiger partial charge on any atom is -0.496 e. The van der Waals surface area contributed by atoms with Gasteiger partial charge in [-0.15, -0.1) is 0 Å². The van der Waals surface area contributed by atoms with Crippen molar-refractivity contribution in [3.63, 3.8) is 0 Å². The maximum absolute atomic E-state index is 13.3. The molecule has 1 fully saturated rings. The zero-order valence-corrected chi connectivity index (χ0v) is 23.4. The number of anilines is 1. The number of allylic oxidation sites excluding steroid dienone is 1. The van der Waals surface area contributed by atoms with Gasteiger partial charge in [-0.3, -0.25) is 24.4 Å². The van der Waals surface area contributed by atoms with Gasteiger partial charge in [0.2, 0.25) is 0 Å². The van der Waals surface area contributed by atoms with Gasteiger partial charge in [-0.05, 0) is 43.5 Å². The van der Waals surface area contributed by atoms with E-state index in [1.54, 1.807) is 53.7 Å². The lowest BCUT2D eigenvalue weighted by molar-refractivity contribution is 0.0625. The Morgan fingerprint density at radius 3 is 2.62 bits per heavy atom. The summed E-state index contributed by atoms with van der Waals surface area (Å²) in [5, 5.41) is 0.596. The van der Waals surface area contributed by atoms with Gasteiger partial charge in [-0.25, -0.2) is 8.42 Å². The van der Waals surface area contributed by atoms with Crippen LogP contribution >= 0.6 is 11.6 Å². The quantitative estimate of drug-likeness (QED) is 0.370. The van der Waals surface area contributed by atoms with Crippen LogP contribution in [0, 0.1) is 0 Å². The number of piperazine rings is 1. The lowest BCUT2D eigenvalue weighted by Gasteiger charge is -2.35. The van der Waals surface area contributed by atoms with E-state index in [9.17, 15) is 13.2 Å². The highest BCUT2D eigenvalue weighted by Gasteiger charge is 2.26. The molecular formula is C28H30ClN5O4S. The fraction of sp³-hybridized carbons (Fsp3) is 0.250. The molecule has 0 atom stereocenters. The third-order valence-corrected chi connectivity index (χ3v) is 7.96. The highest BCUT2D eigenvalue weighted by Crippen LogP contribution is 2.32. The molecule has 204 valence electrons. The molecule has 1 N–H and O–H groups in total. The summed E-state index contributed by atoms with van der Waals surface area (Å²) in [6, 6.07) is 11.4. The normalized spacial score (nSPS) is 14.4. The Hall–Kier alpha value is -3.73. The first-order valence-electron chi connectivity index (χ1n) is 12.3. The highest BCUT2D eigenvalue weighted by atomic mass is 35.5. The number of aromatic nitrogens is 1. The largest absolute Gasteiger partial charge is 0.496 e. The third-order valence-electron chi connectivity index (χ3n) is 6.34. The Bertz CT molecular complexity index is 1500. The number of ether oxygens (including phenoxy) is 1. The molecule has 2 aromatic carbocycles. The van der Waals surface area contributed by atoms with Crippen molar-refractivity contribution in [3.8, 4) is 5.75 Å². The third kappa shape index (κ3) is 6.65. The Balaban J connectivity index is 1.47. The number of hydrogen-bond donors (Lipinski definition) is 1. The predicted octanol–water partition coefficient (Wildman–Crippen LogP) is 4.87. The number of sulfonamides is 1. The molecule has 1 amide bonds. The molecule has 1 aliphatic heterocycles. The molecule has 2 heterocycles. The smallest absolute Gasteiger partial charge is 0.264 e. The van der Waals surface area contributed by atoms with E-state index in [0.29, 0.717) is 48.9 Å². The summed E-state index contributed by atoms with van der Waals surface area (Å²) in [4.78, 5) is 25.4. The minimum atomic E-state index is -4.00. The molecule has 11 heteroatoms. The standard InChI is InChI=1S/C28H30ClN5O4S/c1-4-6-21-7-5-8-26(27(21)30-2)39(36,37)32-23-9-10-24(25(16-23)38-3)28(35)34-13-11-33(12-14-34)19-20-15-22(29)18-31-17-20/h4-10,15-18,32H,2,11-14,19H2,1,3H3/b6-4-. The van der Waals surface area contributed by atoms with Crippen molar-refractivity contribution >= 4 is 51.7 Å². The molecule has 3 aromatic rings. The van der Waals surface area contributed by atoms with Crippen molar-refractivity contribution < 1.29 is 17.9 Å². The maximum Gasteiger partial charge on any atom is 0.264 e.